The quantitative estimate of drug-likeness (QED) is 0.633. The predicted octanol–water partition coefficient (Wildman–Crippen LogP) is 3.82. The van der Waals surface area contributed by atoms with Crippen molar-refractivity contribution in [3.8, 4) is 0 Å². The van der Waals surface area contributed by atoms with E-state index in [1.165, 1.54) is 23.1 Å². The summed E-state index contributed by atoms with van der Waals surface area (Å²) in [6.07, 6.45) is -4.21. The molecule has 0 spiro atoms. The Bertz CT molecular complexity index is 911. The van der Waals surface area contributed by atoms with E-state index in [9.17, 15) is 27.2 Å². The lowest BCUT2D eigenvalue weighted by Crippen LogP contribution is -2.36. The third-order valence-corrected chi connectivity index (χ3v) is 4.71. The van der Waals surface area contributed by atoms with E-state index in [4.69, 9.17) is 0 Å². The molecular formula is C20H18F4N2O2. The maximum Gasteiger partial charge on any atom is 0.416 e. The molecule has 1 N–H and O–H groups in total. The van der Waals surface area contributed by atoms with Crippen LogP contribution in [0.25, 0.3) is 0 Å². The smallest absolute Gasteiger partial charge is 0.351 e. The summed E-state index contributed by atoms with van der Waals surface area (Å²) in [6.45, 7) is 1.75. The summed E-state index contributed by atoms with van der Waals surface area (Å²) >= 11 is 0. The van der Waals surface area contributed by atoms with Crippen molar-refractivity contribution in [3.05, 3.63) is 65.0 Å². The molecule has 0 saturated carbocycles. The molecule has 1 saturated heterocycles. The second kappa shape index (κ2) is 7.61. The molecule has 1 aliphatic rings. The molecule has 0 bridgehead atoms. The fourth-order valence-electron chi connectivity index (χ4n) is 3.10. The van der Waals surface area contributed by atoms with Gasteiger partial charge < -0.3 is 10.2 Å². The highest BCUT2D eigenvalue weighted by atomic mass is 19.4. The molecule has 2 amide bonds. The molecule has 0 aliphatic carbocycles. The largest absolute Gasteiger partial charge is 0.416 e. The predicted molar refractivity (Wildman–Crippen MR) is 94.9 cm³/mol. The van der Waals surface area contributed by atoms with Crippen LogP contribution in [0.1, 0.15) is 23.1 Å². The molecule has 1 fully saturated rings. The minimum Gasteiger partial charge on any atom is -0.351 e. The van der Waals surface area contributed by atoms with Gasteiger partial charge >= 0.3 is 6.18 Å². The number of alkyl halides is 3. The zero-order valence-electron chi connectivity index (χ0n) is 15.0. The highest BCUT2D eigenvalue weighted by Gasteiger charge is 2.37. The number of hydrogen-bond acceptors (Lipinski definition) is 2. The van der Waals surface area contributed by atoms with Gasteiger partial charge in [0.1, 0.15) is 11.7 Å². The zero-order chi connectivity index (χ0) is 20.5. The SMILES string of the molecule is Cc1ccc(N2CCC(C(=O)NCc3cccc(C(F)(F)F)c3)C2=O)cc1F. The normalized spacial score (nSPS) is 17.1. The number of amides is 2. The highest BCUT2D eigenvalue weighted by Crippen LogP contribution is 2.30. The van der Waals surface area contributed by atoms with Gasteiger partial charge in [0, 0.05) is 18.8 Å². The van der Waals surface area contributed by atoms with Crippen LogP contribution in [0.4, 0.5) is 23.2 Å². The van der Waals surface area contributed by atoms with Gasteiger partial charge in [0.05, 0.1) is 5.56 Å². The van der Waals surface area contributed by atoms with Crippen LogP contribution in [0.15, 0.2) is 42.5 Å². The first-order chi connectivity index (χ1) is 13.2. The van der Waals surface area contributed by atoms with Gasteiger partial charge in [-0.2, -0.15) is 13.2 Å². The van der Waals surface area contributed by atoms with Gasteiger partial charge in [-0.15, -0.1) is 0 Å². The van der Waals surface area contributed by atoms with Gasteiger partial charge in [-0.3, -0.25) is 9.59 Å². The molecule has 2 aromatic rings. The summed E-state index contributed by atoms with van der Waals surface area (Å²) in [6, 6.07) is 9.04. The Morgan fingerprint density at radius 3 is 2.64 bits per heavy atom. The number of carbonyl (C=O) groups is 2. The Morgan fingerprint density at radius 1 is 1.21 bits per heavy atom. The molecule has 1 aliphatic heterocycles. The van der Waals surface area contributed by atoms with Crippen LogP contribution in [0.5, 0.6) is 0 Å². The fraction of sp³-hybridized carbons (Fsp3) is 0.300. The fourth-order valence-corrected chi connectivity index (χ4v) is 3.10. The number of hydrogen-bond donors (Lipinski definition) is 1. The van der Waals surface area contributed by atoms with E-state index in [0.29, 0.717) is 11.3 Å². The van der Waals surface area contributed by atoms with E-state index in [1.807, 2.05) is 0 Å². The highest BCUT2D eigenvalue weighted by molar-refractivity contribution is 6.09. The first-order valence-corrected chi connectivity index (χ1v) is 8.68. The lowest BCUT2D eigenvalue weighted by molar-refractivity contribution is -0.137. The summed E-state index contributed by atoms with van der Waals surface area (Å²) < 4.78 is 52.0. The standard InChI is InChI=1S/C20H18F4N2O2/c1-12-5-6-15(10-17(12)21)26-8-7-16(19(26)28)18(27)25-11-13-3-2-4-14(9-13)20(22,23)24/h2-6,9-10,16H,7-8,11H2,1H3,(H,25,27). The zero-order valence-corrected chi connectivity index (χ0v) is 15.0. The number of rotatable bonds is 4. The van der Waals surface area contributed by atoms with Gasteiger partial charge in [-0.05, 0) is 48.7 Å². The van der Waals surface area contributed by atoms with Crippen LogP contribution in [-0.2, 0) is 22.3 Å². The molecular weight excluding hydrogens is 376 g/mol. The van der Waals surface area contributed by atoms with E-state index in [0.717, 1.165) is 12.1 Å². The van der Waals surface area contributed by atoms with Crippen LogP contribution in [-0.4, -0.2) is 18.4 Å². The molecule has 8 heteroatoms. The average Bonchev–Trinajstić information content (AvgIpc) is 3.03. The van der Waals surface area contributed by atoms with Crippen molar-refractivity contribution >= 4 is 17.5 Å². The topological polar surface area (TPSA) is 49.4 Å². The minimum atomic E-state index is -4.47. The minimum absolute atomic E-state index is 0.119. The van der Waals surface area contributed by atoms with Crippen LogP contribution in [0.2, 0.25) is 0 Å². The van der Waals surface area contributed by atoms with Gasteiger partial charge in [-0.25, -0.2) is 4.39 Å². The molecule has 28 heavy (non-hydrogen) atoms. The van der Waals surface area contributed by atoms with Gasteiger partial charge in [0.2, 0.25) is 11.8 Å². The maximum absolute atomic E-state index is 13.7. The van der Waals surface area contributed by atoms with E-state index in [-0.39, 0.29) is 25.1 Å². The summed E-state index contributed by atoms with van der Waals surface area (Å²) in [5.41, 5.74) is 0.307. The van der Waals surface area contributed by atoms with Gasteiger partial charge in [0.15, 0.2) is 0 Å². The van der Waals surface area contributed by atoms with Crippen molar-refractivity contribution in [2.75, 3.05) is 11.4 Å². The van der Waals surface area contributed by atoms with Crippen molar-refractivity contribution in [2.24, 2.45) is 5.92 Å². The van der Waals surface area contributed by atoms with Crippen molar-refractivity contribution in [1.82, 2.24) is 5.32 Å². The van der Waals surface area contributed by atoms with E-state index < -0.39 is 35.3 Å². The molecule has 2 aromatic carbocycles. The Labute approximate surface area is 159 Å². The van der Waals surface area contributed by atoms with Crippen LogP contribution < -0.4 is 10.2 Å². The van der Waals surface area contributed by atoms with Crippen molar-refractivity contribution in [2.45, 2.75) is 26.1 Å². The van der Waals surface area contributed by atoms with Crippen LogP contribution >= 0.6 is 0 Å². The summed E-state index contributed by atoms with van der Waals surface area (Å²) in [5, 5.41) is 2.51. The molecule has 4 nitrogen and oxygen atoms in total. The number of carbonyl (C=O) groups excluding carboxylic acids is 2. The monoisotopic (exact) mass is 394 g/mol. The Kier molecular flexibility index (Phi) is 5.40. The second-order valence-electron chi connectivity index (χ2n) is 6.68. The first-order valence-electron chi connectivity index (χ1n) is 8.68. The third-order valence-electron chi connectivity index (χ3n) is 4.71. The maximum atomic E-state index is 13.7. The first kappa shape index (κ1) is 19.9. The molecule has 148 valence electrons. The Morgan fingerprint density at radius 2 is 1.96 bits per heavy atom. The van der Waals surface area contributed by atoms with E-state index in [2.05, 4.69) is 5.32 Å². The number of aryl methyl sites for hydroxylation is 1. The summed E-state index contributed by atoms with van der Waals surface area (Å²) in [7, 11) is 0. The molecule has 1 heterocycles. The third kappa shape index (κ3) is 4.16. The molecule has 0 aromatic heterocycles. The Hall–Kier alpha value is -2.90. The second-order valence-corrected chi connectivity index (χ2v) is 6.68. The molecule has 1 atom stereocenters. The van der Waals surface area contributed by atoms with Gasteiger partial charge in [-0.1, -0.05) is 18.2 Å². The van der Waals surface area contributed by atoms with Crippen molar-refractivity contribution < 1.29 is 27.2 Å². The number of nitrogens with one attached hydrogen (secondary N) is 1. The summed E-state index contributed by atoms with van der Waals surface area (Å²) in [5.74, 6) is -2.40. The van der Waals surface area contributed by atoms with Crippen LogP contribution in [0.3, 0.4) is 0 Å². The van der Waals surface area contributed by atoms with Crippen molar-refractivity contribution in [1.29, 1.82) is 0 Å². The van der Waals surface area contributed by atoms with Gasteiger partial charge in [0.25, 0.3) is 0 Å². The summed E-state index contributed by atoms with van der Waals surface area (Å²) in [4.78, 5) is 26.2. The number of halogens is 4. The lowest BCUT2D eigenvalue weighted by Gasteiger charge is -2.17. The van der Waals surface area contributed by atoms with E-state index in [1.54, 1.807) is 19.1 Å². The van der Waals surface area contributed by atoms with E-state index >= 15 is 0 Å². The molecule has 0 radical (unpaired) electrons. The lowest BCUT2D eigenvalue weighted by atomic mass is 10.1. The Balaban J connectivity index is 1.64. The average molecular weight is 394 g/mol. The van der Waals surface area contributed by atoms with Crippen LogP contribution in [0, 0.1) is 18.7 Å². The number of anilines is 1. The molecule has 3 rings (SSSR count). The van der Waals surface area contributed by atoms with Crippen molar-refractivity contribution in [3.63, 3.8) is 0 Å². The molecule has 1 unspecified atom stereocenters. The number of nitrogens with zero attached hydrogens (tertiary/aromatic N) is 1. The number of benzene rings is 2.